The summed E-state index contributed by atoms with van der Waals surface area (Å²) in [7, 11) is 0. The SMILES string of the molecule is CC(C)CNC(=O)C(C)Nc1nc(NN)ncc1F. The van der Waals surface area contributed by atoms with Crippen molar-refractivity contribution in [3.8, 4) is 0 Å². The van der Waals surface area contributed by atoms with Gasteiger partial charge in [-0.05, 0) is 12.8 Å². The molecule has 0 fully saturated rings. The van der Waals surface area contributed by atoms with Gasteiger partial charge in [-0.3, -0.25) is 10.2 Å². The Morgan fingerprint density at radius 2 is 2.16 bits per heavy atom. The monoisotopic (exact) mass is 270 g/mol. The Labute approximate surface area is 111 Å². The lowest BCUT2D eigenvalue weighted by Crippen LogP contribution is -2.39. The van der Waals surface area contributed by atoms with Crippen LogP contribution in [0.15, 0.2) is 6.20 Å². The number of hydrogen-bond acceptors (Lipinski definition) is 6. The molecule has 1 amide bonds. The minimum Gasteiger partial charge on any atom is -0.356 e. The van der Waals surface area contributed by atoms with Crippen molar-refractivity contribution in [1.82, 2.24) is 15.3 Å². The van der Waals surface area contributed by atoms with E-state index in [1.54, 1.807) is 6.92 Å². The van der Waals surface area contributed by atoms with E-state index in [1.807, 2.05) is 13.8 Å². The Morgan fingerprint density at radius 3 is 2.74 bits per heavy atom. The van der Waals surface area contributed by atoms with Crippen LogP contribution in [0.4, 0.5) is 16.2 Å². The van der Waals surface area contributed by atoms with Crippen LogP contribution in [-0.4, -0.2) is 28.5 Å². The predicted molar refractivity (Wildman–Crippen MR) is 70.7 cm³/mol. The van der Waals surface area contributed by atoms with Crippen molar-refractivity contribution in [2.45, 2.75) is 26.8 Å². The van der Waals surface area contributed by atoms with E-state index in [2.05, 4.69) is 26.0 Å². The lowest BCUT2D eigenvalue weighted by molar-refractivity contribution is -0.121. The number of nitrogen functional groups attached to an aromatic ring is 1. The second-order valence-electron chi connectivity index (χ2n) is 4.54. The maximum Gasteiger partial charge on any atom is 0.242 e. The van der Waals surface area contributed by atoms with Gasteiger partial charge in [0, 0.05) is 6.54 Å². The molecule has 1 atom stereocenters. The fourth-order valence-electron chi connectivity index (χ4n) is 1.27. The number of nitrogens with zero attached hydrogens (tertiary/aromatic N) is 2. The molecule has 0 bridgehead atoms. The summed E-state index contributed by atoms with van der Waals surface area (Å²) in [5, 5.41) is 5.42. The Hall–Kier alpha value is -1.96. The van der Waals surface area contributed by atoms with Crippen LogP contribution in [-0.2, 0) is 4.79 Å². The molecule has 106 valence electrons. The molecule has 1 aromatic heterocycles. The highest BCUT2D eigenvalue weighted by molar-refractivity contribution is 5.83. The van der Waals surface area contributed by atoms with E-state index in [-0.39, 0.29) is 17.7 Å². The fourth-order valence-corrected chi connectivity index (χ4v) is 1.27. The first kappa shape index (κ1) is 15.1. The Balaban J connectivity index is 2.65. The van der Waals surface area contributed by atoms with E-state index in [0.717, 1.165) is 6.20 Å². The van der Waals surface area contributed by atoms with Crippen molar-refractivity contribution in [2.24, 2.45) is 11.8 Å². The van der Waals surface area contributed by atoms with E-state index in [9.17, 15) is 9.18 Å². The average Bonchev–Trinajstić information content (AvgIpc) is 2.38. The third kappa shape index (κ3) is 4.66. The molecular formula is C11H19FN6O. The predicted octanol–water partition coefficient (Wildman–Crippen LogP) is 0.474. The topological polar surface area (TPSA) is 105 Å². The zero-order valence-corrected chi connectivity index (χ0v) is 11.2. The fraction of sp³-hybridized carbons (Fsp3) is 0.545. The highest BCUT2D eigenvalue weighted by Gasteiger charge is 2.16. The quantitative estimate of drug-likeness (QED) is 0.442. The van der Waals surface area contributed by atoms with Crippen LogP contribution >= 0.6 is 0 Å². The molecule has 0 radical (unpaired) electrons. The van der Waals surface area contributed by atoms with Gasteiger partial charge in [0.1, 0.15) is 6.04 Å². The number of nitrogens with one attached hydrogen (secondary N) is 3. The average molecular weight is 270 g/mol. The molecule has 0 saturated heterocycles. The summed E-state index contributed by atoms with van der Waals surface area (Å²) in [6.45, 7) is 6.16. The molecule has 1 unspecified atom stereocenters. The van der Waals surface area contributed by atoms with Crippen LogP contribution in [0.2, 0.25) is 0 Å². The molecule has 1 rings (SSSR count). The van der Waals surface area contributed by atoms with Crippen molar-refractivity contribution >= 4 is 17.7 Å². The Kier molecular flexibility index (Phi) is 5.43. The first-order valence-corrected chi connectivity index (χ1v) is 5.97. The molecule has 0 aromatic carbocycles. The molecule has 0 aliphatic carbocycles. The molecule has 19 heavy (non-hydrogen) atoms. The number of nitrogens with two attached hydrogens (primary N) is 1. The molecule has 5 N–H and O–H groups in total. The Bertz CT molecular complexity index is 439. The number of anilines is 2. The zero-order valence-electron chi connectivity index (χ0n) is 11.2. The minimum atomic E-state index is -0.650. The van der Waals surface area contributed by atoms with E-state index in [0.29, 0.717) is 12.5 Å². The number of halogens is 1. The van der Waals surface area contributed by atoms with Crippen LogP contribution in [0, 0.1) is 11.7 Å². The van der Waals surface area contributed by atoms with E-state index < -0.39 is 11.9 Å². The smallest absolute Gasteiger partial charge is 0.242 e. The molecule has 0 saturated carbocycles. The van der Waals surface area contributed by atoms with Crippen molar-refractivity contribution < 1.29 is 9.18 Å². The zero-order chi connectivity index (χ0) is 14.4. The van der Waals surface area contributed by atoms with Crippen molar-refractivity contribution in [3.05, 3.63) is 12.0 Å². The molecule has 7 nitrogen and oxygen atoms in total. The number of carbonyl (C=O) groups excluding carboxylic acids is 1. The number of hydrogen-bond donors (Lipinski definition) is 4. The van der Waals surface area contributed by atoms with E-state index in [4.69, 9.17) is 5.84 Å². The largest absolute Gasteiger partial charge is 0.356 e. The van der Waals surface area contributed by atoms with E-state index in [1.165, 1.54) is 0 Å². The maximum atomic E-state index is 13.5. The van der Waals surface area contributed by atoms with Crippen LogP contribution in [0.3, 0.4) is 0 Å². The normalized spacial score (nSPS) is 12.1. The second-order valence-corrected chi connectivity index (χ2v) is 4.54. The van der Waals surface area contributed by atoms with Gasteiger partial charge >= 0.3 is 0 Å². The first-order chi connectivity index (χ1) is 8.93. The molecule has 0 spiro atoms. The van der Waals surface area contributed by atoms with E-state index >= 15 is 0 Å². The maximum absolute atomic E-state index is 13.5. The van der Waals surface area contributed by atoms with Gasteiger partial charge in [-0.25, -0.2) is 15.2 Å². The van der Waals surface area contributed by atoms with Crippen LogP contribution in [0.5, 0.6) is 0 Å². The van der Waals surface area contributed by atoms with Crippen LogP contribution < -0.4 is 21.9 Å². The molecule has 0 aliphatic heterocycles. The van der Waals surface area contributed by atoms with Crippen molar-refractivity contribution in [2.75, 3.05) is 17.3 Å². The van der Waals surface area contributed by atoms with Gasteiger partial charge in [0.25, 0.3) is 0 Å². The van der Waals surface area contributed by atoms with Gasteiger partial charge in [0.2, 0.25) is 11.9 Å². The lowest BCUT2D eigenvalue weighted by Gasteiger charge is -2.16. The summed E-state index contributed by atoms with van der Waals surface area (Å²) in [5.74, 6) is 4.60. The minimum absolute atomic E-state index is 0.0682. The summed E-state index contributed by atoms with van der Waals surface area (Å²) >= 11 is 0. The standard InChI is InChI=1S/C11H19FN6O/c1-6(2)4-14-10(19)7(3)16-9-8(12)5-15-11(17-9)18-13/h5-7H,4,13H2,1-3H3,(H,14,19)(H2,15,16,17,18). The number of rotatable bonds is 6. The van der Waals surface area contributed by atoms with Crippen LogP contribution in [0.25, 0.3) is 0 Å². The Morgan fingerprint density at radius 1 is 1.47 bits per heavy atom. The summed E-state index contributed by atoms with van der Waals surface area (Å²) in [6.07, 6.45) is 0.975. The van der Waals surface area contributed by atoms with Gasteiger partial charge in [-0.1, -0.05) is 13.8 Å². The summed E-state index contributed by atoms with van der Waals surface area (Å²) in [6, 6.07) is -0.617. The summed E-state index contributed by atoms with van der Waals surface area (Å²) in [5.41, 5.74) is 2.21. The number of aromatic nitrogens is 2. The number of hydrazine groups is 1. The highest BCUT2D eigenvalue weighted by Crippen LogP contribution is 2.12. The number of carbonyl (C=O) groups is 1. The number of amides is 1. The van der Waals surface area contributed by atoms with Gasteiger partial charge in [0.05, 0.1) is 6.20 Å². The first-order valence-electron chi connectivity index (χ1n) is 5.97. The highest BCUT2D eigenvalue weighted by atomic mass is 19.1. The van der Waals surface area contributed by atoms with Gasteiger partial charge in [-0.2, -0.15) is 4.98 Å². The molecule has 1 heterocycles. The van der Waals surface area contributed by atoms with Crippen molar-refractivity contribution in [1.29, 1.82) is 0 Å². The van der Waals surface area contributed by atoms with Gasteiger partial charge in [-0.15, -0.1) is 0 Å². The summed E-state index contributed by atoms with van der Waals surface area (Å²) in [4.78, 5) is 19.1. The van der Waals surface area contributed by atoms with Crippen molar-refractivity contribution in [3.63, 3.8) is 0 Å². The third-order valence-electron chi connectivity index (χ3n) is 2.30. The molecule has 8 heteroatoms. The van der Waals surface area contributed by atoms with Gasteiger partial charge < -0.3 is 10.6 Å². The molecular weight excluding hydrogens is 251 g/mol. The van der Waals surface area contributed by atoms with Gasteiger partial charge in [0.15, 0.2) is 11.6 Å². The molecule has 1 aromatic rings. The molecule has 0 aliphatic rings. The van der Waals surface area contributed by atoms with Crippen LogP contribution in [0.1, 0.15) is 20.8 Å². The summed E-state index contributed by atoms with van der Waals surface area (Å²) < 4.78 is 13.5. The lowest BCUT2D eigenvalue weighted by atomic mass is 10.2. The third-order valence-corrected chi connectivity index (χ3v) is 2.30. The second kappa shape index (κ2) is 6.83.